The zero-order valence-electron chi connectivity index (χ0n) is 17.1. The second kappa shape index (κ2) is 9.71. The van der Waals surface area contributed by atoms with E-state index < -0.39 is 6.04 Å². The first-order chi connectivity index (χ1) is 13.9. The first kappa shape index (κ1) is 21.1. The third-order valence-electron chi connectivity index (χ3n) is 5.47. The first-order valence-corrected chi connectivity index (χ1v) is 10.3. The van der Waals surface area contributed by atoms with Crippen LogP contribution in [-0.4, -0.2) is 54.5 Å². The molecule has 1 heterocycles. The second-order valence-electron chi connectivity index (χ2n) is 7.89. The van der Waals surface area contributed by atoms with E-state index in [4.69, 9.17) is 17.2 Å². The van der Waals surface area contributed by atoms with Gasteiger partial charge in [-0.15, -0.1) is 0 Å². The Kier molecular flexibility index (Phi) is 7.06. The highest BCUT2D eigenvalue weighted by Gasteiger charge is 2.32. The predicted molar refractivity (Wildman–Crippen MR) is 119 cm³/mol. The molecular formula is C22H32N6O. The van der Waals surface area contributed by atoms with Gasteiger partial charge in [-0.1, -0.05) is 42.5 Å². The minimum atomic E-state index is -0.554. The number of guanidine groups is 1. The number of nitrogens with zero attached hydrogens (tertiary/aromatic N) is 2. The lowest BCUT2D eigenvalue weighted by atomic mass is 9.99. The lowest BCUT2D eigenvalue weighted by Gasteiger charge is -2.40. The molecule has 0 spiro atoms. The van der Waals surface area contributed by atoms with Gasteiger partial charge in [-0.05, 0) is 42.5 Å². The minimum Gasteiger partial charge on any atom is -0.370 e. The number of fused-ring (bicyclic) bond motifs is 1. The van der Waals surface area contributed by atoms with Gasteiger partial charge in [0.1, 0.15) is 0 Å². The summed E-state index contributed by atoms with van der Waals surface area (Å²) in [4.78, 5) is 19.1. The summed E-state index contributed by atoms with van der Waals surface area (Å²) in [6.07, 6.45) is 2.19. The molecule has 1 amide bonds. The zero-order valence-corrected chi connectivity index (χ0v) is 17.1. The maximum Gasteiger partial charge on any atom is 0.240 e. The summed E-state index contributed by atoms with van der Waals surface area (Å²) in [6, 6.07) is 14.3. The van der Waals surface area contributed by atoms with Gasteiger partial charge in [0.2, 0.25) is 5.91 Å². The van der Waals surface area contributed by atoms with Crippen molar-refractivity contribution in [2.45, 2.75) is 44.3 Å². The quantitative estimate of drug-likeness (QED) is 0.315. The topological polar surface area (TPSA) is 123 Å². The number of nitrogens with one attached hydrogen (secondary N) is 1. The summed E-state index contributed by atoms with van der Waals surface area (Å²) < 4.78 is 0. The van der Waals surface area contributed by atoms with Crippen LogP contribution in [0, 0.1) is 0 Å². The van der Waals surface area contributed by atoms with Gasteiger partial charge >= 0.3 is 0 Å². The van der Waals surface area contributed by atoms with Crippen LogP contribution in [-0.2, 0) is 11.2 Å². The summed E-state index contributed by atoms with van der Waals surface area (Å²) in [5.74, 6) is 0.115. The highest BCUT2D eigenvalue weighted by atomic mass is 16.2. The van der Waals surface area contributed by atoms with Crippen LogP contribution >= 0.6 is 0 Å². The molecule has 1 aliphatic heterocycles. The molecule has 1 fully saturated rings. The van der Waals surface area contributed by atoms with E-state index in [-0.39, 0.29) is 24.0 Å². The van der Waals surface area contributed by atoms with E-state index in [9.17, 15) is 4.79 Å². The summed E-state index contributed by atoms with van der Waals surface area (Å²) >= 11 is 0. The van der Waals surface area contributed by atoms with Gasteiger partial charge in [-0.25, -0.2) is 0 Å². The Bertz CT molecular complexity index is 863. The number of carbonyl (C=O) groups is 1. The molecule has 3 rings (SSSR count). The van der Waals surface area contributed by atoms with Gasteiger partial charge in [-0.2, -0.15) is 0 Å². The van der Waals surface area contributed by atoms with Crippen molar-refractivity contribution in [1.82, 2.24) is 10.2 Å². The molecule has 0 aromatic heterocycles. The van der Waals surface area contributed by atoms with Crippen LogP contribution in [0.15, 0.2) is 47.5 Å². The Labute approximate surface area is 172 Å². The number of carbonyl (C=O) groups excluding carboxylic acids is 1. The van der Waals surface area contributed by atoms with E-state index in [0.29, 0.717) is 19.5 Å². The van der Waals surface area contributed by atoms with Gasteiger partial charge in [0.05, 0.1) is 6.04 Å². The number of nitrogens with two attached hydrogens (primary N) is 3. The molecule has 29 heavy (non-hydrogen) atoms. The largest absolute Gasteiger partial charge is 0.370 e. The lowest BCUT2D eigenvalue weighted by Crippen LogP contribution is -2.60. The fourth-order valence-electron chi connectivity index (χ4n) is 3.94. The van der Waals surface area contributed by atoms with Crippen LogP contribution < -0.4 is 22.5 Å². The number of aliphatic imine (C=N–C) groups is 1. The Balaban J connectivity index is 1.64. The van der Waals surface area contributed by atoms with Crippen molar-refractivity contribution in [1.29, 1.82) is 0 Å². The predicted octanol–water partition coefficient (Wildman–Crippen LogP) is 0.952. The van der Waals surface area contributed by atoms with E-state index in [1.165, 1.54) is 5.39 Å². The molecule has 7 nitrogen and oxygen atoms in total. The van der Waals surface area contributed by atoms with Gasteiger partial charge in [0.25, 0.3) is 0 Å². The summed E-state index contributed by atoms with van der Waals surface area (Å²) in [6.45, 7) is 4.08. The molecule has 0 unspecified atom stereocenters. The Morgan fingerprint density at radius 3 is 2.76 bits per heavy atom. The van der Waals surface area contributed by atoms with Gasteiger partial charge in [0.15, 0.2) is 5.96 Å². The lowest BCUT2D eigenvalue weighted by molar-refractivity contribution is -0.136. The molecule has 7 N–H and O–H groups in total. The number of hydrogen-bond acceptors (Lipinski definition) is 4. The fourth-order valence-corrected chi connectivity index (χ4v) is 3.94. The zero-order chi connectivity index (χ0) is 20.8. The molecule has 0 saturated carbocycles. The minimum absolute atomic E-state index is 0.0124. The van der Waals surface area contributed by atoms with E-state index in [0.717, 1.165) is 30.3 Å². The number of amides is 1. The molecule has 1 saturated heterocycles. The van der Waals surface area contributed by atoms with Crippen molar-refractivity contribution in [3.8, 4) is 0 Å². The molecule has 0 bridgehead atoms. The van der Waals surface area contributed by atoms with Crippen molar-refractivity contribution >= 4 is 22.6 Å². The number of hydrogen-bond donors (Lipinski definition) is 4. The third-order valence-corrected chi connectivity index (χ3v) is 5.47. The average Bonchev–Trinajstić information content (AvgIpc) is 2.71. The second-order valence-corrected chi connectivity index (χ2v) is 7.89. The molecule has 3 atom stereocenters. The van der Waals surface area contributed by atoms with Crippen molar-refractivity contribution in [3.05, 3.63) is 48.0 Å². The van der Waals surface area contributed by atoms with Gasteiger partial charge in [0, 0.05) is 31.7 Å². The number of rotatable bonds is 7. The van der Waals surface area contributed by atoms with Crippen molar-refractivity contribution < 1.29 is 4.79 Å². The van der Waals surface area contributed by atoms with Crippen LogP contribution in [0.4, 0.5) is 0 Å². The van der Waals surface area contributed by atoms with Crippen LogP contribution in [0.3, 0.4) is 0 Å². The standard InChI is InChI=1S/C22H32N6O/c1-15-14-28(19(13-27-15)7-4-10-26-22(24)25)21(29)20(23)12-16-8-9-17-5-2-3-6-18(17)11-16/h2-3,5-6,8-9,11,15,19-20,27H,4,7,10,12-14,23H2,1H3,(H4,24,25,26)/t15-,19+,20-/m1/s1. The molecule has 156 valence electrons. The highest BCUT2D eigenvalue weighted by molar-refractivity contribution is 5.84. The molecule has 1 aliphatic rings. The molecule has 0 radical (unpaired) electrons. The van der Waals surface area contributed by atoms with Crippen molar-refractivity contribution in [2.24, 2.45) is 22.2 Å². The maximum absolute atomic E-state index is 13.2. The molecule has 7 heteroatoms. The average molecular weight is 397 g/mol. The SMILES string of the molecule is C[C@@H]1CN(C(=O)[C@H](N)Cc2ccc3ccccc3c2)[C@@H](CCCN=C(N)N)CN1. The van der Waals surface area contributed by atoms with Crippen LogP contribution in [0.25, 0.3) is 10.8 Å². The summed E-state index contributed by atoms with van der Waals surface area (Å²) in [5.41, 5.74) is 18.2. The van der Waals surface area contributed by atoms with Gasteiger partial charge in [-0.3, -0.25) is 9.79 Å². The highest BCUT2D eigenvalue weighted by Crippen LogP contribution is 2.18. The molecular weight excluding hydrogens is 364 g/mol. The van der Waals surface area contributed by atoms with E-state index in [2.05, 4.69) is 47.6 Å². The summed E-state index contributed by atoms with van der Waals surface area (Å²) in [5, 5.41) is 5.81. The van der Waals surface area contributed by atoms with Crippen LogP contribution in [0.1, 0.15) is 25.3 Å². The maximum atomic E-state index is 13.2. The van der Waals surface area contributed by atoms with E-state index >= 15 is 0 Å². The van der Waals surface area contributed by atoms with E-state index in [1.54, 1.807) is 0 Å². The van der Waals surface area contributed by atoms with Gasteiger partial charge < -0.3 is 27.4 Å². The Hall–Kier alpha value is -2.64. The van der Waals surface area contributed by atoms with Crippen molar-refractivity contribution in [2.75, 3.05) is 19.6 Å². The third kappa shape index (κ3) is 5.68. The Morgan fingerprint density at radius 2 is 2.00 bits per heavy atom. The number of benzene rings is 2. The molecule has 0 aliphatic carbocycles. The normalized spacial score (nSPS) is 20.4. The van der Waals surface area contributed by atoms with Crippen LogP contribution in [0.5, 0.6) is 0 Å². The van der Waals surface area contributed by atoms with Crippen molar-refractivity contribution in [3.63, 3.8) is 0 Å². The van der Waals surface area contributed by atoms with E-state index in [1.807, 2.05) is 17.0 Å². The van der Waals surface area contributed by atoms with Crippen LogP contribution in [0.2, 0.25) is 0 Å². The fraction of sp³-hybridized carbons (Fsp3) is 0.455. The smallest absolute Gasteiger partial charge is 0.240 e. The first-order valence-electron chi connectivity index (χ1n) is 10.3. The monoisotopic (exact) mass is 396 g/mol. The molecule has 2 aromatic rings. The summed E-state index contributed by atoms with van der Waals surface area (Å²) in [7, 11) is 0. The Morgan fingerprint density at radius 1 is 1.24 bits per heavy atom. The molecule has 2 aromatic carbocycles. The number of piperazine rings is 1.